The van der Waals surface area contributed by atoms with Crippen molar-refractivity contribution in [3.05, 3.63) is 0 Å². The molecule has 0 N–H and O–H groups in total. The first-order chi connectivity index (χ1) is 1.00. The fraction of sp³-hybridized carbons (Fsp3) is 0. The van der Waals surface area contributed by atoms with E-state index in [1.807, 2.05) is 0 Å². The number of rotatable bonds is 0. The Morgan fingerprint density at radius 2 is 1.25 bits per heavy atom. The molecule has 0 bridgehead atoms. The molecule has 21 valence electrons. The average Bonchev–Trinajstić information content (AvgIpc) is 1.00. The molecule has 0 saturated carbocycles. The molecule has 0 spiro atoms. The van der Waals surface area contributed by atoms with Crippen molar-refractivity contribution < 1.29 is 19.8 Å². The standard InChI is InChI=1S/Co.Li.O.Sb. The Bertz CT molecular complexity index is 8.00. The van der Waals surface area contributed by atoms with E-state index in [-0.39, 0.29) is 35.6 Å². The van der Waals surface area contributed by atoms with Gasteiger partial charge in [-0.1, -0.05) is 0 Å². The Kier molecular flexibility index (Phi) is 95.0. The van der Waals surface area contributed by atoms with Crippen molar-refractivity contribution >= 4 is 41.9 Å². The van der Waals surface area contributed by atoms with Crippen LogP contribution in [-0.4, -0.2) is 41.9 Å². The van der Waals surface area contributed by atoms with Crippen LogP contribution in [-0.2, 0) is 19.8 Å². The van der Waals surface area contributed by atoms with E-state index in [0.29, 0.717) is 23.0 Å². The fourth-order valence-corrected chi connectivity index (χ4v) is 0. The fourth-order valence-electron chi connectivity index (χ4n) is 0. The van der Waals surface area contributed by atoms with Crippen LogP contribution in [0.5, 0.6) is 0 Å². The summed E-state index contributed by atoms with van der Waals surface area (Å²) in [6.07, 6.45) is 0. The summed E-state index contributed by atoms with van der Waals surface area (Å²) in [4.78, 5) is 0. The van der Waals surface area contributed by atoms with Gasteiger partial charge in [-0.05, 0) is 0 Å². The van der Waals surface area contributed by atoms with Crippen LogP contribution in [0, 0.1) is 0 Å². The molecule has 0 aliphatic heterocycles. The van der Waals surface area contributed by atoms with Gasteiger partial charge in [0.1, 0.15) is 0 Å². The van der Waals surface area contributed by atoms with Crippen LogP contribution in [0.25, 0.3) is 0 Å². The third kappa shape index (κ3) is 9.30. The molecule has 1 nitrogen and oxygen atoms in total. The maximum atomic E-state index is 8.30. The SMILES string of the molecule is [Co].[Li].[O]=[Sb]. The van der Waals surface area contributed by atoms with Gasteiger partial charge >= 0.3 is 26.0 Å². The molecule has 0 heterocycles. The predicted molar refractivity (Wildman–Crippen MR) is 12.2 cm³/mol. The Morgan fingerprint density at radius 3 is 1.25 bits per heavy atom. The summed E-state index contributed by atoms with van der Waals surface area (Å²) in [5, 5.41) is 0. The molecule has 0 aliphatic carbocycles. The van der Waals surface area contributed by atoms with Gasteiger partial charge in [0.15, 0.2) is 0 Å². The van der Waals surface area contributed by atoms with Crippen LogP contribution in [0.3, 0.4) is 0 Å². The molecule has 0 fully saturated rings. The van der Waals surface area contributed by atoms with Gasteiger partial charge in [0.2, 0.25) is 0 Å². The van der Waals surface area contributed by atoms with E-state index in [1.54, 1.807) is 0 Å². The van der Waals surface area contributed by atoms with Crippen LogP contribution in [0.4, 0.5) is 0 Å². The summed E-state index contributed by atoms with van der Waals surface area (Å²) in [5.74, 6) is 0. The van der Waals surface area contributed by atoms with Gasteiger partial charge in [-0.25, -0.2) is 0 Å². The molecule has 0 aromatic rings. The van der Waals surface area contributed by atoms with Crippen LogP contribution < -0.4 is 0 Å². The van der Waals surface area contributed by atoms with Crippen molar-refractivity contribution in [2.24, 2.45) is 0 Å². The second-order valence-electron chi connectivity index (χ2n) is 0. The minimum absolute atomic E-state index is 0. The Hall–Kier alpha value is 1.72. The second kappa shape index (κ2) is 22.1. The van der Waals surface area contributed by atoms with Crippen molar-refractivity contribution in [2.75, 3.05) is 0 Å². The molecule has 0 aromatic heterocycles. The zero-order chi connectivity index (χ0) is 2.00. The molecule has 0 amide bonds. The first-order valence-corrected chi connectivity index (χ1v) is 1.22. The van der Waals surface area contributed by atoms with E-state index < -0.39 is 0 Å². The molecule has 0 aliphatic rings. The minimum atomic E-state index is 0. The summed E-state index contributed by atoms with van der Waals surface area (Å²) in [5.41, 5.74) is 0. The van der Waals surface area contributed by atoms with E-state index in [4.69, 9.17) is 3.02 Å². The van der Waals surface area contributed by atoms with Crippen LogP contribution in [0.2, 0.25) is 0 Å². The number of hydrogen-bond acceptors (Lipinski definition) is 1. The van der Waals surface area contributed by atoms with Gasteiger partial charge in [0, 0.05) is 35.6 Å². The van der Waals surface area contributed by atoms with E-state index in [9.17, 15) is 0 Å². The zero-order valence-electron chi connectivity index (χ0n) is 2.19. The van der Waals surface area contributed by atoms with Gasteiger partial charge in [-0.15, -0.1) is 0 Å². The average molecular weight is 204 g/mol. The summed E-state index contributed by atoms with van der Waals surface area (Å²) in [7, 11) is 0. The zero-order valence-corrected chi connectivity index (χ0v) is 5.78. The third-order valence-electron chi connectivity index (χ3n) is 0. The van der Waals surface area contributed by atoms with E-state index in [2.05, 4.69) is 0 Å². The molecule has 4 heavy (non-hydrogen) atoms. The topological polar surface area (TPSA) is 17.1 Å². The monoisotopic (exact) mass is 203 g/mol. The summed E-state index contributed by atoms with van der Waals surface area (Å²) in [6, 6.07) is 0. The molecular formula is CoLiOSb. The molecule has 0 aromatic carbocycles. The number of hydrogen-bond donors (Lipinski definition) is 0. The van der Waals surface area contributed by atoms with Gasteiger partial charge < -0.3 is 0 Å². The van der Waals surface area contributed by atoms with Gasteiger partial charge in [-0.2, -0.15) is 0 Å². The van der Waals surface area contributed by atoms with Gasteiger partial charge in [0.05, 0.1) is 0 Å². The van der Waals surface area contributed by atoms with Gasteiger partial charge in [-0.3, -0.25) is 0 Å². The molecule has 0 unspecified atom stereocenters. The quantitative estimate of drug-likeness (QED) is 0.468. The third-order valence-corrected chi connectivity index (χ3v) is 0. The van der Waals surface area contributed by atoms with E-state index >= 15 is 0 Å². The summed E-state index contributed by atoms with van der Waals surface area (Å²) >= 11 is 0.500. The Labute approximate surface area is 61.2 Å². The second-order valence-corrected chi connectivity index (χ2v) is 0. The molecule has 4 heteroatoms. The Balaban J connectivity index is -0.00000000500. The van der Waals surface area contributed by atoms with Crippen LogP contribution in [0.1, 0.15) is 0 Å². The van der Waals surface area contributed by atoms with E-state index in [1.165, 1.54) is 0 Å². The van der Waals surface area contributed by atoms with Crippen molar-refractivity contribution in [3.8, 4) is 0 Å². The van der Waals surface area contributed by atoms with Crippen molar-refractivity contribution in [1.82, 2.24) is 0 Å². The summed E-state index contributed by atoms with van der Waals surface area (Å²) < 4.78 is 8.30. The van der Waals surface area contributed by atoms with E-state index in [0.717, 1.165) is 0 Å². The Morgan fingerprint density at radius 1 is 1.25 bits per heavy atom. The van der Waals surface area contributed by atoms with Crippen molar-refractivity contribution in [1.29, 1.82) is 0 Å². The molecule has 3 radical (unpaired) electrons. The predicted octanol–water partition coefficient (Wildman–Crippen LogP) is -0.883. The molecular weight excluding hydrogens is 204 g/mol. The first-order valence-electron chi connectivity index (χ1n) is 0.183. The molecule has 0 saturated heterocycles. The summed E-state index contributed by atoms with van der Waals surface area (Å²) in [6.45, 7) is 0. The first kappa shape index (κ1) is 17.2. The van der Waals surface area contributed by atoms with Crippen molar-refractivity contribution in [2.45, 2.75) is 0 Å². The van der Waals surface area contributed by atoms with Crippen molar-refractivity contribution in [3.63, 3.8) is 0 Å². The van der Waals surface area contributed by atoms with Crippen LogP contribution >= 0.6 is 0 Å². The molecule has 0 rings (SSSR count). The normalized spacial score (nSPS) is 1.00. The van der Waals surface area contributed by atoms with Gasteiger partial charge in [0.25, 0.3) is 0 Å². The maximum absolute atomic E-state index is 8.30. The van der Waals surface area contributed by atoms with Crippen LogP contribution in [0.15, 0.2) is 0 Å². The molecule has 0 atom stereocenters.